The minimum atomic E-state index is 1.15. The van der Waals surface area contributed by atoms with Crippen molar-refractivity contribution in [3.05, 3.63) is 47.5 Å². The number of unbranched alkanes of at least 4 members (excludes halogenated alkanes) is 13. The van der Waals surface area contributed by atoms with Crippen molar-refractivity contribution in [1.29, 1.82) is 0 Å². The maximum Gasteiger partial charge on any atom is -0.0149 e. The Hall–Kier alpha value is -1.30. The molecule has 0 atom stereocenters. The summed E-state index contributed by atoms with van der Waals surface area (Å²) in [4.78, 5) is 0. The second-order valence-electron chi connectivity index (χ2n) is 8.62. The number of fused-ring (bicyclic) bond motifs is 1. The van der Waals surface area contributed by atoms with Gasteiger partial charge in [0.2, 0.25) is 0 Å². The lowest BCUT2D eigenvalue weighted by atomic mass is 9.93. The van der Waals surface area contributed by atoms with Gasteiger partial charge in [-0.3, -0.25) is 0 Å². The molecular formula is C28H44. The van der Waals surface area contributed by atoms with Gasteiger partial charge in [-0.05, 0) is 41.2 Å². The molecule has 0 amide bonds. The van der Waals surface area contributed by atoms with Crippen LogP contribution in [-0.4, -0.2) is 0 Å². The fourth-order valence-electron chi connectivity index (χ4n) is 4.50. The summed E-state index contributed by atoms with van der Waals surface area (Å²) in [5.41, 5.74) is 3.16. The molecule has 0 aliphatic rings. The molecular weight excluding hydrogens is 336 g/mol. The van der Waals surface area contributed by atoms with Crippen LogP contribution in [0.25, 0.3) is 10.8 Å². The van der Waals surface area contributed by atoms with E-state index in [0.29, 0.717) is 0 Å². The van der Waals surface area contributed by atoms with Crippen LogP contribution in [0.4, 0.5) is 0 Å². The summed E-state index contributed by atoms with van der Waals surface area (Å²) in [7, 11) is 0. The second-order valence-corrected chi connectivity index (χ2v) is 8.62. The molecule has 2 rings (SSSR count). The van der Waals surface area contributed by atoms with Crippen molar-refractivity contribution in [2.24, 2.45) is 0 Å². The smallest absolute Gasteiger partial charge is 0.0149 e. The molecule has 0 heteroatoms. The molecule has 0 heterocycles. The van der Waals surface area contributed by atoms with E-state index in [1.807, 2.05) is 0 Å². The molecule has 0 radical (unpaired) electrons. The van der Waals surface area contributed by atoms with Crippen LogP contribution in [0.3, 0.4) is 0 Å². The van der Waals surface area contributed by atoms with Gasteiger partial charge in [0.25, 0.3) is 0 Å². The first-order chi connectivity index (χ1) is 13.9. The van der Waals surface area contributed by atoms with E-state index in [1.54, 1.807) is 11.1 Å². The molecule has 0 bridgehead atoms. The third-order valence-corrected chi connectivity index (χ3v) is 6.30. The average Bonchev–Trinajstić information content (AvgIpc) is 2.73. The van der Waals surface area contributed by atoms with E-state index in [4.69, 9.17) is 0 Å². The van der Waals surface area contributed by atoms with Gasteiger partial charge < -0.3 is 0 Å². The Kier molecular flexibility index (Phi) is 12.0. The zero-order chi connectivity index (χ0) is 19.9. The number of hydrogen-bond acceptors (Lipinski definition) is 0. The molecule has 28 heavy (non-hydrogen) atoms. The minimum absolute atomic E-state index is 1.15. The molecule has 0 fully saturated rings. The lowest BCUT2D eigenvalue weighted by molar-refractivity contribution is 0.535. The Labute approximate surface area is 175 Å². The van der Waals surface area contributed by atoms with Crippen molar-refractivity contribution in [1.82, 2.24) is 0 Å². The van der Waals surface area contributed by atoms with Crippen LogP contribution >= 0.6 is 0 Å². The van der Waals surface area contributed by atoms with Crippen molar-refractivity contribution in [2.75, 3.05) is 0 Å². The van der Waals surface area contributed by atoms with Crippen molar-refractivity contribution in [3.63, 3.8) is 0 Å². The van der Waals surface area contributed by atoms with Gasteiger partial charge in [0.05, 0.1) is 0 Å². The maximum atomic E-state index is 2.35. The summed E-state index contributed by atoms with van der Waals surface area (Å²) in [6.45, 7) is 4.59. The summed E-state index contributed by atoms with van der Waals surface area (Å²) < 4.78 is 0. The van der Waals surface area contributed by atoms with Gasteiger partial charge in [-0.2, -0.15) is 0 Å². The van der Waals surface area contributed by atoms with E-state index in [-0.39, 0.29) is 0 Å². The predicted octanol–water partition coefficient (Wildman–Crippen LogP) is 9.43. The molecule has 0 aromatic heterocycles. The van der Waals surface area contributed by atoms with Crippen molar-refractivity contribution in [2.45, 2.75) is 117 Å². The topological polar surface area (TPSA) is 0 Å². The Morgan fingerprint density at radius 2 is 1.07 bits per heavy atom. The molecule has 0 unspecified atom stereocenters. The van der Waals surface area contributed by atoms with Gasteiger partial charge >= 0.3 is 0 Å². The molecule has 0 spiro atoms. The normalized spacial score (nSPS) is 11.4. The first-order valence-corrected chi connectivity index (χ1v) is 12.4. The standard InChI is InChI=1S/C28H44/c1-3-5-6-7-8-9-10-11-12-13-14-15-16-17-21-27-25(4-2)23-24-26-20-18-19-22-28(26)27/h18-20,22-24H,3-17,21H2,1-2H3. The number of rotatable bonds is 16. The maximum absolute atomic E-state index is 2.35. The van der Waals surface area contributed by atoms with E-state index >= 15 is 0 Å². The summed E-state index contributed by atoms with van der Waals surface area (Å²) >= 11 is 0. The van der Waals surface area contributed by atoms with Gasteiger partial charge in [-0.1, -0.05) is 134 Å². The lowest BCUT2D eigenvalue weighted by Gasteiger charge is -2.12. The summed E-state index contributed by atoms with van der Waals surface area (Å²) in [5, 5.41) is 2.89. The predicted molar refractivity (Wildman–Crippen MR) is 127 cm³/mol. The average molecular weight is 381 g/mol. The number of hydrogen-bond donors (Lipinski definition) is 0. The van der Waals surface area contributed by atoms with Crippen LogP contribution in [0.2, 0.25) is 0 Å². The fraction of sp³-hybridized carbons (Fsp3) is 0.643. The molecule has 2 aromatic rings. The van der Waals surface area contributed by atoms with Crippen LogP contribution < -0.4 is 0 Å². The number of benzene rings is 2. The van der Waals surface area contributed by atoms with E-state index in [0.717, 1.165) is 6.42 Å². The summed E-state index contributed by atoms with van der Waals surface area (Å²) in [5.74, 6) is 0. The van der Waals surface area contributed by atoms with E-state index < -0.39 is 0 Å². The molecule has 0 aliphatic heterocycles. The fourth-order valence-corrected chi connectivity index (χ4v) is 4.50. The quantitative estimate of drug-likeness (QED) is 0.254. The van der Waals surface area contributed by atoms with Crippen LogP contribution in [0.5, 0.6) is 0 Å². The SMILES string of the molecule is CCCCCCCCCCCCCCCCc1c(CC)ccc2ccccc12. The minimum Gasteiger partial charge on any atom is -0.0654 e. The number of aryl methyl sites for hydroxylation is 2. The lowest BCUT2D eigenvalue weighted by Crippen LogP contribution is -1.95. The van der Waals surface area contributed by atoms with Crippen LogP contribution in [-0.2, 0) is 12.8 Å². The molecule has 0 saturated heterocycles. The Bertz CT molecular complexity index is 640. The molecule has 156 valence electrons. The summed E-state index contributed by atoms with van der Waals surface area (Å²) in [6.07, 6.45) is 22.5. The highest BCUT2D eigenvalue weighted by atomic mass is 14.1. The largest absolute Gasteiger partial charge is 0.0654 e. The molecule has 2 aromatic carbocycles. The highest BCUT2D eigenvalue weighted by molar-refractivity contribution is 5.86. The Morgan fingerprint density at radius 3 is 1.64 bits per heavy atom. The van der Waals surface area contributed by atoms with Crippen LogP contribution in [0, 0.1) is 0 Å². The third kappa shape index (κ3) is 8.38. The van der Waals surface area contributed by atoms with Crippen molar-refractivity contribution >= 4 is 10.8 Å². The van der Waals surface area contributed by atoms with E-state index in [2.05, 4.69) is 50.2 Å². The summed E-state index contributed by atoms with van der Waals surface area (Å²) in [6, 6.07) is 13.6. The molecule has 0 nitrogen and oxygen atoms in total. The zero-order valence-corrected chi connectivity index (χ0v) is 18.8. The van der Waals surface area contributed by atoms with Crippen molar-refractivity contribution in [3.8, 4) is 0 Å². The molecule has 0 N–H and O–H groups in total. The van der Waals surface area contributed by atoms with Crippen LogP contribution in [0.1, 0.15) is 115 Å². The monoisotopic (exact) mass is 380 g/mol. The highest BCUT2D eigenvalue weighted by Crippen LogP contribution is 2.25. The zero-order valence-electron chi connectivity index (χ0n) is 18.8. The second kappa shape index (κ2) is 14.7. The Morgan fingerprint density at radius 1 is 0.536 bits per heavy atom. The first kappa shape index (κ1) is 23.0. The van der Waals surface area contributed by atoms with Crippen LogP contribution in [0.15, 0.2) is 36.4 Å². The van der Waals surface area contributed by atoms with Gasteiger partial charge in [-0.15, -0.1) is 0 Å². The first-order valence-electron chi connectivity index (χ1n) is 12.4. The third-order valence-electron chi connectivity index (χ3n) is 6.30. The van der Waals surface area contributed by atoms with Crippen molar-refractivity contribution < 1.29 is 0 Å². The van der Waals surface area contributed by atoms with Gasteiger partial charge in [0.15, 0.2) is 0 Å². The van der Waals surface area contributed by atoms with E-state index in [1.165, 1.54) is 107 Å². The highest BCUT2D eigenvalue weighted by Gasteiger charge is 2.06. The van der Waals surface area contributed by atoms with Gasteiger partial charge in [-0.25, -0.2) is 0 Å². The molecule has 0 saturated carbocycles. The van der Waals surface area contributed by atoms with Gasteiger partial charge in [0, 0.05) is 0 Å². The molecule has 0 aliphatic carbocycles. The Balaban J connectivity index is 1.53. The van der Waals surface area contributed by atoms with Gasteiger partial charge in [0.1, 0.15) is 0 Å². The van der Waals surface area contributed by atoms with E-state index in [9.17, 15) is 0 Å².